The van der Waals surface area contributed by atoms with Crippen LogP contribution in [0.25, 0.3) is 0 Å². The third-order valence-corrected chi connectivity index (χ3v) is 11.1. The Hall–Kier alpha value is -4.06. The average Bonchev–Trinajstić information content (AvgIpc) is 3.15. The zero-order chi connectivity index (χ0) is 35.6. The largest absolute Gasteiger partial charge is 0.454 e. The predicted molar refractivity (Wildman–Crippen MR) is 206 cm³/mol. The SMILES string of the molecule is CCCCCCCCC(c1cc(F)c(Oc2ccc(N)cc2)c(C2CCCCC2)c1)c1cc(F)c(Oc2ccc(N)cc2)c(C2CCCCC2)c1. The molecule has 4 aromatic rings. The number of benzene rings is 4. The number of unbranched alkanes of at least 4 members (excludes halogenated alkanes) is 5. The highest BCUT2D eigenvalue weighted by atomic mass is 19.1. The second-order valence-electron chi connectivity index (χ2n) is 15.0. The summed E-state index contributed by atoms with van der Waals surface area (Å²) in [6.45, 7) is 2.23. The van der Waals surface area contributed by atoms with Crippen molar-refractivity contribution in [2.75, 3.05) is 11.5 Å². The molecule has 4 nitrogen and oxygen atoms in total. The fourth-order valence-electron chi connectivity index (χ4n) is 8.29. The van der Waals surface area contributed by atoms with Crippen LogP contribution in [0.3, 0.4) is 0 Å². The Morgan fingerprint density at radius 3 is 1.41 bits per heavy atom. The molecule has 2 aliphatic rings. The van der Waals surface area contributed by atoms with Crippen molar-refractivity contribution in [1.82, 2.24) is 0 Å². The second kappa shape index (κ2) is 17.9. The lowest BCUT2D eigenvalue weighted by Gasteiger charge is -2.28. The lowest BCUT2D eigenvalue weighted by atomic mass is 9.78. The van der Waals surface area contributed by atoms with Crippen LogP contribution < -0.4 is 20.9 Å². The Labute approximate surface area is 303 Å². The van der Waals surface area contributed by atoms with Crippen LogP contribution in [0.4, 0.5) is 20.2 Å². The van der Waals surface area contributed by atoms with Gasteiger partial charge in [-0.05, 0) is 116 Å². The van der Waals surface area contributed by atoms with Crippen LogP contribution in [0.2, 0.25) is 0 Å². The van der Waals surface area contributed by atoms with E-state index < -0.39 is 0 Å². The van der Waals surface area contributed by atoms with Gasteiger partial charge in [0.15, 0.2) is 23.1 Å². The van der Waals surface area contributed by atoms with Gasteiger partial charge in [0, 0.05) is 28.4 Å². The third-order valence-electron chi connectivity index (χ3n) is 11.1. The van der Waals surface area contributed by atoms with Crippen LogP contribution in [0.5, 0.6) is 23.0 Å². The van der Waals surface area contributed by atoms with Crippen molar-refractivity contribution in [2.24, 2.45) is 0 Å². The standard InChI is InChI=1S/C45H56F2N2O2/c1-2-3-4-5-6-13-18-39(33-27-40(31-14-9-7-10-15-31)44(42(46)29-33)50-37-23-19-35(48)20-24-37)34-28-41(32-16-11-8-12-17-32)45(43(47)30-34)51-38-25-21-36(49)22-26-38/h19-32,39H,2-18,48-49H2,1H3. The van der Waals surface area contributed by atoms with Gasteiger partial charge in [0.25, 0.3) is 0 Å². The van der Waals surface area contributed by atoms with Gasteiger partial charge in [0.05, 0.1) is 0 Å². The van der Waals surface area contributed by atoms with E-state index in [4.69, 9.17) is 20.9 Å². The Morgan fingerprint density at radius 2 is 0.980 bits per heavy atom. The van der Waals surface area contributed by atoms with Crippen LogP contribution in [-0.4, -0.2) is 0 Å². The fraction of sp³-hybridized carbons (Fsp3) is 0.467. The van der Waals surface area contributed by atoms with E-state index in [0.717, 1.165) is 92.9 Å². The number of halogens is 2. The number of rotatable bonds is 15. The Kier molecular flexibility index (Phi) is 12.9. The first-order chi connectivity index (χ1) is 24.9. The number of nitrogen functional groups attached to an aromatic ring is 2. The van der Waals surface area contributed by atoms with Crippen molar-refractivity contribution in [3.05, 3.63) is 107 Å². The fourth-order valence-corrected chi connectivity index (χ4v) is 8.29. The highest BCUT2D eigenvalue weighted by Crippen LogP contribution is 2.46. The van der Waals surface area contributed by atoms with Gasteiger partial charge in [-0.15, -0.1) is 0 Å². The van der Waals surface area contributed by atoms with E-state index in [1.807, 2.05) is 0 Å². The molecule has 0 saturated heterocycles. The van der Waals surface area contributed by atoms with E-state index in [2.05, 4.69) is 19.1 Å². The Bertz CT molecular complexity index is 1570. The van der Waals surface area contributed by atoms with Crippen molar-refractivity contribution in [3.8, 4) is 23.0 Å². The normalized spacial score (nSPS) is 15.7. The minimum atomic E-state index is -0.367. The molecule has 51 heavy (non-hydrogen) atoms. The number of anilines is 2. The van der Waals surface area contributed by atoms with Crippen molar-refractivity contribution < 1.29 is 18.3 Å². The van der Waals surface area contributed by atoms with Crippen molar-refractivity contribution >= 4 is 11.4 Å². The highest BCUT2D eigenvalue weighted by Gasteiger charge is 2.29. The molecule has 0 radical (unpaired) electrons. The first-order valence-corrected chi connectivity index (χ1v) is 19.6. The van der Waals surface area contributed by atoms with Crippen LogP contribution in [0, 0.1) is 11.6 Å². The zero-order valence-corrected chi connectivity index (χ0v) is 30.4. The highest BCUT2D eigenvalue weighted by molar-refractivity contribution is 5.51. The maximum absolute atomic E-state index is 16.6. The van der Waals surface area contributed by atoms with Crippen molar-refractivity contribution in [3.63, 3.8) is 0 Å². The van der Waals surface area contributed by atoms with Crippen LogP contribution in [-0.2, 0) is 0 Å². The molecule has 0 amide bonds. The smallest absolute Gasteiger partial charge is 0.166 e. The Balaban J connectivity index is 1.42. The minimum absolute atomic E-state index is 0.166. The first kappa shape index (κ1) is 36.7. The van der Waals surface area contributed by atoms with Gasteiger partial charge in [-0.3, -0.25) is 0 Å². The van der Waals surface area contributed by atoms with Gasteiger partial charge in [-0.1, -0.05) is 96.1 Å². The summed E-state index contributed by atoms with van der Waals surface area (Å²) in [6, 6.07) is 21.9. The van der Waals surface area contributed by atoms with E-state index in [-0.39, 0.29) is 29.4 Å². The average molecular weight is 695 g/mol. The molecule has 4 N–H and O–H groups in total. The van der Waals surface area contributed by atoms with E-state index >= 15 is 8.78 Å². The molecule has 0 aromatic heterocycles. The molecule has 6 rings (SSSR count). The van der Waals surface area contributed by atoms with Gasteiger partial charge in [0.1, 0.15) is 11.5 Å². The molecule has 4 aromatic carbocycles. The second-order valence-corrected chi connectivity index (χ2v) is 15.0. The summed E-state index contributed by atoms with van der Waals surface area (Å²) in [6.07, 6.45) is 18.6. The van der Waals surface area contributed by atoms with Gasteiger partial charge in [0.2, 0.25) is 0 Å². The summed E-state index contributed by atoms with van der Waals surface area (Å²) < 4.78 is 45.7. The predicted octanol–water partition coefficient (Wildman–Crippen LogP) is 13.7. The monoisotopic (exact) mass is 694 g/mol. The summed E-state index contributed by atoms with van der Waals surface area (Å²) in [5.74, 6) is 1.24. The van der Waals surface area contributed by atoms with Gasteiger partial charge in [-0.25, -0.2) is 8.78 Å². The molecular formula is C45H56F2N2O2. The molecule has 0 heterocycles. The van der Waals surface area contributed by atoms with Crippen LogP contribution >= 0.6 is 0 Å². The zero-order valence-electron chi connectivity index (χ0n) is 30.4. The minimum Gasteiger partial charge on any atom is -0.454 e. The summed E-state index contributed by atoms with van der Waals surface area (Å²) >= 11 is 0. The van der Waals surface area contributed by atoms with E-state index in [1.165, 1.54) is 38.5 Å². The maximum Gasteiger partial charge on any atom is 0.166 e. The Morgan fingerprint density at radius 1 is 0.569 bits per heavy atom. The summed E-state index contributed by atoms with van der Waals surface area (Å²) in [5, 5.41) is 0. The molecule has 0 spiro atoms. The lowest BCUT2D eigenvalue weighted by Crippen LogP contribution is -2.12. The lowest BCUT2D eigenvalue weighted by molar-refractivity contribution is 0.399. The number of ether oxygens (including phenoxy) is 2. The topological polar surface area (TPSA) is 70.5 Å². The quantitative estimate of drug-likeness (QED) is 0.0960. The van der Waals surface area contributed by atoms with Crippen LogP contribution in [0.15, 0.2) is 72.8 Å². The van der Waals surface area contributed by atoms with Gasteiger partial charge in [-0.2, -0.15) is 0 Å². The molecule has 272 valence electrons. The molecule has 0 unspecified atom stereocenters. The molecule has 6 heteroatoms. The molecule has 0 atom stereocenters. The number of hydrogen-bond donors (Lipinski definition) is 2. The third kappa shape index (κ3) is 9.64. The van der Waals surface area contributed by atoms with Crippen molar-refractivity contribution in [1.29, 1.82) is 0 Å². The van der Waals surface area contributed by atoms with E-state index in [0.29, 0.717) is 34.4 Å². The van der Waals surface area contributed by atoms with Crippen molar-refractivity contribution in [2.45, 2.75) is 134 Å². The first-order valence-electron chi connectivity index (χ1n) is 19.6. The molecule has 0 aliphatic heterocycles. The molecule has 2 aliphatic carbocycles. The molecule has 2 fully saturated rings. The number of nitrogens with two attached hydrogens (primary N) is 2. The van der Waals surface area contributed by atoms with Gasteiger partial charge >= 0.3 is 0 Å². The molecular weight excluding hydrogens is 639 g/mol. The maximum atomic E-state index is 16.6. The van der Waals surface area contributed by atoms with Gasteiger partial charge < -0.3 is 20.9 Å². The van der Waals surface area contributed by atoms with E-state index in [1.54, 1.807) is 60.7 Å². The van der Waals surface area contributed by atoms with Crippen LogP contribution in [0.1, 0.15) is 156 Å². The summed E-state index contributed by atoms with van der Waals surface area (Å²) in [4.78, 5) is 0. The van der Waals surface area contributed by atoms with E-state index in [9.17, 15) is 0 Å². The molecule has 2 saturated carbocycles. The summed E-state index contributed by atoms with van der Waals surface area (Å²) in [5.41, 5.74) is 16.8. The number of hydrogen-bond acceptors (Lipinski definition) is 4. The molecule has 0 bridgehead atoms. The summed E-state index contributed by atoms with van der Waals surface area (Å²) in [7, 11) is 0.